The van der Waals surface area contributed by atoms with E-state index < -0.39 is 0 Å². The first-order chi connectivity index (χ1) is 10.6. The van der Waals surface area contributed by atoms with Crippen LogP contribution in [0.15, 0.2) is 48.8 Å². The van der Waals surface area contributed by atoms with Gasteiger partial charge in [-0.2, -0.15) is 0 Å². The molecule has 4 heteroatoms. The molecule has 0 aliphatic carbocycles. The van der Waals surface area contributed by atoms with Gasteiger partial charge in [0.25, 0.3) is 0 Å². The monoisotopic (exact) mass is 298 g/mol. The molecule has 0 spiro atoms. The number of pyridine rings is 1. The zero-order valence-corrected chi connectivity index (χ0v) is 13.2. The van der Waals surface area contributed by atoms with Crippen LogP contribution in [0.25, 0.3) is 0 Å². The summed E-state index contributed by atoms with van der Waals surface area (Å²) in [5.74, 6) is 0.851. The van der Waals surface area contributed by atoms with E-state index in [4.69, 9.17) is 4.74 Å². The van der Waals surface area contributed by atoms with Crippen molar-refractivity contribution in [2.24, 2.45) is 5.92 Å². The first-order valence-electron chi connectivity index (χ1n) is 7.48. The average molecular weight is 298 g/mol. The number of aromatic nitrogens is 1. The maximum absolute atomic E-state index is 11.7. The summed E-state index contributed by atoms with van der Waals surface area (Å²) in [5, 5.41) is 2.98. The maximum atomic E-state index is 11.7. The number of rotatable bonds is 6. The zero-order valence-electron chi connectivity index (χ0n) is 13.2. The van der Waals surface area contributed by atoms with Crippen LogP contribution in [0.2, 0.25) is 0 Å². The van der Waals surface area contributed by atoms with Crippen LogP contribution in [0, 0.1) is 5.92 Å². The fourth-order valence-electron chi connectivity index (χ4n) is 1.97. The zero-order chi connectivity index (χ0) is 15.9. The largest absolute Gasteiger partial charge is 0.489 e. The molecule has 4 nitrogen and oxygen atoms in total. The number of carbonyl (C=O) groups excluding carboxylic acids is 1. The molecule has 1 amide bonds. The fourth-order valence-corrected chi connectivity index (χ4v) is 1.97. The predicted octanol–water partition coefficient (Wildman–Crippen LogP) is 3.49. The molecule has 0 saturated heterocycles. The molecule has 1 aromatic carbocycles. The summed E-state index contributed by atoms with van der Waals surface area (Å²) in [6, 6.07) is 11.6. The summed E-state index contributed by atoms with van der Waals surface area (Å²) in [7, 11) is 0. The maximum Gasteiger partial charge on any atom is 0.223 e. The standard InChI is InChI=1S/C18H22N2O2/c1-13(2)18(21)20-14(3)16-6-8-17(9-7-16)22-12-15-5-4-10-19-11-15/h4-11,13-14H,12H2,1-3H3,(H,20,21)/t14-/m1/s1. The number of hydrogen-bond acceptors (Lipinski definition) is 3. The third kappa shape index (κ3) is 4.58. The number of nitrogens with zero attached hydrogens (tertiary/aromatic N) is 1. The van der Waals surface area contributed by atoms with E-state index in [0.29, 0.717) is 6.61 Å². The van der Waals surface area contributed by atoms with Crippen molar-refractivity contribution in [2.45, 2.75) is 33.4 Å². The summed E-state index contributed by atoms with van der Waals surface area (Å²) in [6.45, 7) is 6.24. The molecule has 0 radical (unpaired) electrons. The lowest BCUT2D eigenvalue weighted by atomic mass is 10.1. The van der Waals surface area contributed by atoms with Crippen molar-refractivity contribution < 1.29 is 9.53 Å². The van der Waals surface area contributed by atoms with Gasteiger partial charge in [0.15, 0.2) is 0 Å². The van der Waals surface area contributed by atoms with Gasteiger partial charge in [-0.05, 0) is 30.7 Å². The highest BCUT2D eigenvalue weighted by atomic mass is 16.5. The van der Waals surface area contributed by atoms with E-state index in [0.717, 1.165) is 16.9 Å². The molecule has 2 rings (SSSR count). The van der Waals surface area contributed by atoms with Gasteiger partial charge in [0, 0.05) is 23.9 Å². The highest BCUT2D eigenvalue weighted by Crippen LogP contribution is 2.19. The number of carbonyl (C=O) groups is 1. The van der Waals surface area contributed by atoms with E-state index >= 15 is 0 Å². The van der Waals surface area contributed by atoms with Gasteiger partial charge in [-0.3, -0.25) is 9.78 Å². The lowest BCUT2D eigenvalue weighted by Gasteiger charge is -2.16. The topological polar surface area (TPSA) is 51.2 Å². The minimum absolute atomic E-state index is 0.00969. The second kappa shape index (κ2) is 7.59. The minimum Gasteiger partial charge on any atom is -0.489 e. The first kappa shape index (κ1) is 16.0. The summed E-state index contributed by atoms with van der Waals surface area (Å²) >= 11 is 0. The molecule has 1 aromatic heterocycles. The first-order valence-corrected chi connectivity index (χ1v) is 7.48. The third-order valence-electron chi connectivity index (χ3n) is 3.39. The van der Waals surface area contributed by atoms with E-state index in [-0.39, 0.29) is 17.9 Å². The van der Waals surface area contributed by atoms with Crippen molar-refractivity contribution in [1.82, 2.24) is 10.3 Å². The Morgan fingerprint density at radius 3 is 2.50 bits per heavy atom. The Balaban J connectivity index is 1.91. The molecule has 116 valence electrons. The number of benzene rings is 1. The number of ether oxygens (including phenoxy) is 1. The molecule has 22 heavy (non-hydrogen) atoms. The van der Waals surface area contributed by atoms with Gasteiger partial charge in [0.05, 0.1) is 6.04 Å². The van der Waals surface area contributed by atoms with Crippen LogP contribution in [0.4, 0.5) is 0 Å². The lowest BCUT2D eigenvalue weighted by molar-refractivity contribution is -0.124. The van der Waals surface area contributed by atoms with Crippen LogP contribution in [-0.2, 0) is 11.4 Å². The smallest absolute Gasteiger partial charge is 0.223 e. The Bertz CT molecular complexity index is 594. The quantitative estimate of drug-likeness (QED) is 0.888. The van der Waals surface area contributed by atoms with E-state index in [9.17, 15) is 4.79 Å². The summed E-state index contributed by atoms with van der Waals surface area (Å²) in [5.41, 5.74) is 2.09. The highest BCUT2D eigenvalue weighted by molar-refractivity contribution is 5.78. The normalized spacial score (nSPS) is 12.0. The Labute approximate surface area is 131 Å². The van der Waals surface area contributed by atoms with Crippen LogP contribution in [0.1, 0.15) is 37.9 Å². The van der Waals surface area contributed by atoms with Crippen molar-refractivity contribution in [3.63, 3.8) is 0 Å². The van der Waals surface area contributed by atoms with Crippen LogP contribution in [-0.4, -0.2) is 10.9 Å². The van der Waals surface area contributed by atoms with E-state index in [1.165, 1.54) is 0 Å². The number of hydrogen-bond donors (Lipinski definition) is 1. The van der Waals surface area contributed by atoms with Gasteiger partial charge in [0.1, 0.15) is 12.4 Å². The summed E-state index contributed by atoms with van der Waals surface area (Å²) in [4.78, 5) is 15.8. The Hall–Kier alpha value is -2.36. The van der Waals surface area contributed by atoms with E-state index in [1.807, 2.05) is 57.2 Å². The molecule has 2 aromatic rings. The average Bonchev–Trinajstić information content (AvgIpc) is 2.54. The van der Waals surface area contributed by atoms with Gasteiger partial charge in [-0.15, -0.1) is 0 Å². The summed E-state index contributed by atoms with van der Waals surface area (Å²) in [6.07, 6.45) is 3.53. The van der Waals surface area contributed by atoms with E-state index in [2.05, 4.69) is 10.3 Å². The second-order valence-electron chi connectivity index (χ2n) is 5.60. The van der Waals surface area contributed by atoms with Crippen LogP contribution < -0.4 is 10.1 Å². The predicted molar refractivity (Wildman–Crippen MR) is 86.4 cm³/mol. The van der Waals surface area contributed by atoms with E-state index in [1.54, 1.807) is 12.4 Å². The molecule has 0 saturated carbocycles. The molecular formula is C18H22N2O2. The number of nitrogens with one attached hydrogen (secondary N) is 1. The third-order valence-corrected chi connectivity index (χ3v) is 3.39. The van der Waals surface area contributed by atoms with Crippen LogP contribution in [0.3, 0.4) is 0 Å². The van der Waals surface area contributed by atoms with Gasteiger partial charge in [0.2, 0.25) is 5.91 Å². The lowest BCUT2D eigenvalue weighted by Crippen LogP contribution is -2.30. The Morgan fingerprint density at radius 1 is 1.18 bits per heavy atom. The molecule has 1 N–H and O–H groups in total. The van der Waals surface area contributed by atoms with Crippen molar-refractivity contribution in [1.29, 1.82) is 0 Å². The van der Waals surface area contributed by atoms with Crippen LogP contribution in [0.5, 0.6) is 5.75 Å². The molecule has 0 aliphatic heterocycles. The Morgan fingerprint density at radius 2 is 1.91 bits per heavy atom. The molecule has 0 bridgehead atoms. The highest BCUT2D eigenvalue weighted by Gasteiger charge is 2.12. The van der Waals surface area contributed by atoms with Crippen molar-refractivity contribution in [3.8, 4) is 5.75 Å². The number of amides is 1. The van der Waals surface area contributed by atoms with Gasteiger partial charge in [-0.1, -0.05) is 32.0 Å². The van der Waals surface area contributed by atoms with Crippen molar-refractivity contribution >= 4 is 5.91 Å². The second-order valence-corrected chi connectivity index (χ2v) is 5.60. The van der Waals surface area contributed by atoms with Crippen molar-refractivity contribution in [2.75, 3.05) is 0 Å². The molecule has 1 heterocycles. The molecule has 1 atom stereocenters. The van der Waals surface area contributed by atoms with Crippen LogP contribution >= 0.6 is 0 Å². The Kier molecular flexibility index (Phi) is 5.53. The molecule has 0 unspecified atom stereocenters. The molecule has 0 aliphatic rings. The fraction of sp³-hybridized carbons (Fsp3) is 0.333. The summed E-state index contributed by atoms with van der Waals surface area (Å²) < 4.78 is 5.72. The van der Waals surface area contributed by atoms with Crippen molar-refractivity contribution in [3.05, 3.63) is 59.9 Å². The van der Waals surface area contributed by atoms with Gasteiger partial charge < -0.3 is 10.1 Å². The SMILES string of the molecule is CC(C)C(=O)N[C@H](C)c1ccc(OCc2cccnc2)cc1. The van der Waals surface area contributed by atoms with Gasteiger partial charge >= 0.3 is 0 Å². The molecule has 0 fully saturated rings. The van der Waals surface area contributed by atoms with Gasteiger partial charge in [-0.25, -0.2) is 0 Å². The minimum atomic E-state index is -0.0118. The molecular weight excluding hydrogens is 276 g/mol.